The molecule has 0 aliphatic rings. The molecule has 0 aliphatic carbocycles. The second-order valence-electron chi connectivity index (χ2n) is 7.37. The Hall–Kier alpha value is -3.36. The lowest BCUT2D eigenvalue weighted by Gasteiger charge is -2.23. The first-order valence-electron chi connectivity index (χ1n) is 10.1. The van der Waals surface area contributed by atoms with Crippen LogP contribution in [0.2, 0.25) is 5.02 Å². The van der Waals surface area contributed by atoms with E-state index in [-0.39, 0.29) is 24.9 Å². The minimum absolute atomic E-state index is 0.0795. The number of anilines is 1. The van der Waals surface area contributed by atoms with E-state index in [1.807, 2.05) is 0 Å². The summed E-state index contributed by atoms with van der Waals surface area (Å²) in [6.45, 7) is 0.368. The lowest BCUT2D eigenvalue weighted by molar-refractivity contribution is 0.0946. The smallest absolute Gasteiger partial charge is 0.251 e. The van der Waals surface area contributed by atoms with Crippen LogP contribution in [0.1, 0.15) is 31.8 Å². The summed E-state index contributed by atoms with van der Waals surface area (Å²) in [7, 11) is -2.02. The fourth-order valence-electron chi connectivity index (χ4n) is 3.16. The Balaban J connectivity index is 1.69. The average Bonchev–Trinajstić information content (AvgIpc) is 2.81. The van der Waals surface area contributed by atoms with Crippen molar-refractivity contribution in [3.8, 4) is 0 Å². The van der Waals surface area contributed by atoms with E-state index < -0.39 is 10.0 Å². The fraction of sp³-hybridized carbons (Fsp3) is 0.167. The maximum absolute atomic E-state index is 12.5. The third kappa shape index (κ3) is 6.34. The van der Waals surface area contributed by atoms with Gasteiger partial charge in [0.2, 0.25) is 10.0 Å². The maximum Gasteiger partial charge on any atom is 0.251 e. The number of nitrogens with one attached hydrogen (secondary N) is 2. The highest BCUT2D eigenvalue weighted by Gasteiger charge is 2.19. The lowest BCUT2D eigenvalue weighted by Crippen LogP contribution is -2.29. The van der Waals surface area contributed by atoms with Crippen LogP contribution < -0.4 is 14.9 Å². The molecule has 0 aromatic heterocycles. The highest BCUT2D eigenvalue weighted by molar-refractivity contribution is 7.92. The van der Waals surface area contributed by atoms with Crippen molar-refractivity contribution in [2.45, 2.75) is 13.1 Å². The number of rotatable bonds is 8. The van der Waals surface area contributed by atoms with Crippen LogP contribution in [-0.4, -0.2) is 33.5 Å². The van der Waals surface area contributed by atoms with Gasteiger partial charge in [0, 0.05) is 29.7 Å². The molecule has 3 rings (SSSR count). The molecule has 7 nitrogen and oxygen atoms in total. The van der Waals surface area contributed by atoms with Gasteiger partial charge in [0.05, 0.1) is 18.5 Å². The minimum Gasteiger partial charge on any atom is -0.355 e. The molecule has 9 heteroatoms. The molecule has 0 unspecified atom stereocenters. The molecular weight excluding hydrogens is 462 g/mol. The summed E-state index contributed by atoms with van der Waals surface area (Å²) in [4.78, 5) is 24.1. The van der Waals surface area contributed by atoms with Crippen LogP contribution in [0.25, 0.3) is 0 Å². The van der Waals surface area contributed by atoms with Crippen molar-refractivity contribution in [2.75, 3.05) is 17.6 Å². The number of benzene rings is 3. The Morgan fingerprint density at radius 1 is 0.879 bits per heavy atom. The number of sulfonamides is 1. The summed E-state index contributed by atoms with van der Waals surface area (Å²) >= 11 is 6.20. The van der Waals surface area contributed by atoms with Gasteiger partial charge >= 0.3 is 0 Å². The zero-order chi connectivity index (χ0) is 24.0. The Bertz CT molecular complexity index is 1240. The third-order valence-corrected chi connectivity index (χ3v) is 6.50. The van der Waals surface area contributed by atoms with E-state index in [1.54, 1.807) is 79.8 Å². The average molecular weight is 486 g/mol. The molecule has 3 aromatic rings. The van der Waals surface area contributed by atoms with Crippen LogP contribution in [0, 0.1) is 0 Å². The van der Waals surface area contributed by atoms with E-state index in [9.17, 15) is 18.0 Å². The summed E-state index contributed by atoms with van der Waals surface area (Å²) in [5, 5.41) is 5.85. The number of halogens is 1. The van der Waals surface area contributed by atoms with E-state index in [0.29, 0.717) is 27.4 Å². The van der Waals surface area contributed by atoms with Crippen LogP contribution in [0.4, 0.5) is 5.69 Å². The maximum atomic E-state index is 12.5. The van der Waals surface area contributed by atoms with Crippen molar-refractivity contribution in [3.05, 3.63) is 100 Å². The number of nitrogens with zero attached hydrogens (tertiary/aromatic N) is 1. The zero-order valence-corrected chi connectivity index (χ0v) is 19.8. The van der Waals surface area contributed by atoms with Crippen LogP contribution in [0.5, 0.6) is 0 Å². The van der Waals surface area contributed by atoms with Crippen molar-refractivity contribution >= 4 is 39.1 Å². The molecule has 0 fully saturated rings. The van der Waals surface area contributed by atoms with Gasteiger partial charge in [-0.2, -0.15) is 0 Å². The molecule has 0 atom stereocenters. The zero-order valence-electron chi connectivity index (χ0n) is 18.2. The van der Waals surface area contributed by atoms with Gasteiger partial charge in [-0.3, -0.25) is 13.9 Å². The van der Waals surface area contributed by atoms with Gasteiger partial charge in [-0.05, 0) is 53.6 Å². The van der Waals surface area contributed by atoms with E-state index in [1.165, 1.54) is 4.31 Å². The molecule has 172 valence electrons. The molecular formula is C24H24ClN3O4S. The predicted molar refractivity (Wildman–Crippen MR) is 130 cm³/mol. The van der Waals surface area contributed by atoms with Crippen LogP contribution in [-0.2, 0) is 23.1 Å². The lowest BCUT2D eigenvalue weighted by atomic mass is 10.1. The molecule has 0 saturated heterocycles. The third-order valence-electron chi connectivity index (χ3n) is 4.99. The van der Waals surface area contributed by atoms with Crippen LogP contribution in [0.15, 0.2) is 72.8 Å². The first-order chi connectivity index (χ1) is 15.7. The molecule has 3 aromatic carbocycles. The number of amides is 2. The molecule has 0 bridgehead atoms. The normalized spacial score (nSPS) is 11.0. The Labute approximate surface area is 198 Å². The van der Waals surface area contributed by atoms with Gasteiger partial charge in [0.15, 0.2) is 0 Å². The molecule has 0 heterocycles. The van der Waals surface area contributed by atoms with E-state index >= 15 is 0 Å². The number of hydrogen-bond acceptors (Lipinski definition) is 4. The van der Waals surface area contributed by atoms with Crippen molar-refractivity contribution in [1.29, 1.82) is 0 Å². The quantitative estimate of drug-likeness (QED) is 0.509. The van der Waals surface area contributed by atoms with E-state index in [2.05, 4.69) is 10.6 Å². The van der Waals surface area contributed by atoms with Gasteiger partial charge in [-0.1, -0.05) is 41.9 Å². The first-order valence-corrected chi connectivity index (χ1v) is 12.3. The van der Waals surface area contributed by atoms with E-state index in [4.69, 9.17) is 11.6 Å². The van der Waals surface area contributed by atoms with Crippen molar-refractivity contribution in [2.24, 2.45) is 0 Å². The van der Waals surface area contributed by atoms with Gasteiger partial charge in [-0.15, -0.1) is 0 Å². The summed E-state index contributed by atoms with van der Waals surface area (Å²) in [6.07, 6.45) is 1.12. The van der Waals surface area contributed by atoms with Crippen molar-refractivity contribution in [1.82, 2.24) is 10.6 Å². The summed E-state index contributed by atoms with van der Waals surface area (Å²) in [6, 6.07) is 20.3. The van der Waals surface area contributed by atoms with Gasteiger partial charge < -0.3 is 10.6 Å². The Kier molecular flexibility index (Phi) is 7.73. The summed E-state index contributed by atoms with van der Waals surface area (Å²) in [5.74, 6) is -0.475. The predicted octanol–water partition coefficient (Wildman–Crippen LogP) is 3.60. The first kappa shape index (κ1) is 24.3. The van der Waals surface area contributed by atoms with Crippen LogP contribution in [0.3, 0.4) is 0 Å². The molecule has 0 radical (unpaired) electrons. The van der Waals surface area contributed by atoms with Gasteiger partial charge in [0.25, 0.3) is 11.8 Å². The number of carbonyl (C=O) groups is 2. The number of carbonyl (C=O) groups excluding carboxylic acids is 2. The second-order valence-corrected chi connectivity index (χ2v) is 9.68. The molecule has 2 amide bonds. The monoisotopic (exact) mass is 485 g/mol. The van der Waals surface area contributed by atoms with E-state index in [0.717, 1.165) is 11.8 Å². The molecule has 2 N–H and O–H groups in total. The Morgan fingerprint density at radius 2 is 1.45 bits per heavy atom. The Morgan fingerprint density at radius 3 is 2.03 bits per heavy atom. The standard InChI is InChI=1S/C24H24ClN3O4S/c1-26-23(29)18-9-7-17(8-10-18)15-27-24(30)19-11-13-21(14-12-19)28(33(2,31)32)16-20-5-3-4-6-22(20)25/h3-14H,15-16H2,1-2H3,(H,26,29)(H,27,30). The van der Waals surface area contributed by atoms with Crippen molar-refractivity contribution < 1.29 is 18.0 Å². The highest BCUT2D eigenvalue weighted by atomic mass is 35.5. The highest BCUT2D eigenvalue weighted by Crippen LogP contribution is 2.24. The summed E-state index contributed by atoms with van der Waals surface area (Å²) in [5.41, 5.74) is 2.88. The fourth-order valence-corrected chi connectivity index (χ4v) is 4.24. The summed E-state index contributed by atoms with van der Waals surface area (Å²) < 4.78 is 26.0. The molecule has 0 aliphatic heterocycles. The van der Waals surface area contributed by atoms with Crippen molar-refractivity contribution in [3.63, 3.8) is 0 Å². The minimum atomic E-state index is -3.58. The second kappa shape index (κ2) is 10.5. The molecule has 0 spiro atoms. The van der Waals surface area contributed by atoms with Crippen LogP contribution >= 0.6 is 11.6 Å². The topological polar surface area (TPSA) is 95.6 Å². The van der Waals surface area contributed by atoms with Gasteiger partial charge in [0.1, 0.15) is 0 Å². The molecule has 0 saturated carbocycles. The SMILES string of the molecule is CNC(=O)c1ccc(CNC(=O)c2ccc(N(Cc3ccccc3Cl)S(C)(=O)=O)cc2)cc1. The largest absolute Gasteiger partial charge is 0.355 e. The molecule has 33 heavy (non-hydrogen) atoms. The number of hydrogen-bond donors (Lipinski definition) is 2. The van der Waals surface area contributed by atoms with Gasteiger partial charge in [-0.25, -0.2) is 8.42 Å².